The predicted molar refractivity (Wildman–Crippen MR) is 186 cm³/mol. The first-order chi connectivity index (χ1) is 24.3. The average molecular weight is 701 g/mol. The Morgan fingerprint density at radius 3 is 2.45 bits per heavy atom. The molecule has 12 nitrogen and oxygen atoms in total. The van der Waals surface area contributed by atoms with E-state index in [9.17, 15) is 24.3 Å². The summed E-state index contributed by atoms with van der Waals surface area (Å²) in [6, 6.07) is 8.14. The molecule has 2 unspecified atom stereocenters. The van der Waals surface area contributed by atoms with Crippen LogP contribution in [0.1, 0.15) is 79.1 Å². The highest BCUT2D eigenvalue weighted by Gasteiger charge is 2.61. The second kappa shape index (κ2) is 13.2. The van der Waals surface area contributed by atoms with Crippen molar-refractivity contribution in [3.05, 3.63) is 42.7 Å². The summed E-state index contributed by atoms with van der Waals surface area (Å²) in [7, 11) is 1.58. The number of ketones is 1. The van der Waals surface area contributed by atoms with Crippen molar-refractivity contribution in [1.29, 1.82) is 0 Å². The Balaban J connectivity index is 1.18. The lowest BCUT2D eigenvalue weighted by molar-refractivity contribution is -0.157. The van der Waals surface area contributed by atoms with Gasteiger partial charge in [0.2, 0.25) is 5.91 Å². The fourth-order valence-electron chi connectivity index (χ4n) is 8.54. The molecule has 4 aliphatic rings. The van der Waals surface area contributed by atoms with Gasteiger partial charge in [0.25, 0.3) is 0 Å². The summed E-state index contributed by atoms with van der Waals surface area (Å²) in [6.45, 7) is 7.77. The molecule has 51 heavy (non-hydrogen) atoms. The number of esters is 1. The zero-order valence-electron chi connectivity index (χ0n) is 30.0. The van der Waals surface area contributed by atoms with E-state index in [1.165, 1.54) is 6.42 Å². The summed E-state index contributed by atoms with van der Waals surface area (Å²) in [4.78, 5) is 60.8. The van der Waals surface area contributed by atoms with Gasteiger partial charge in [-0.1, -0.05) is 34.1 Å². The van der Waals surface area contributed by atoms with Crippen LogP contribution in [0.2, 0.25) is 0 Å². The lowest BCUT2D eigenvalue weighted by Gasteiger charge is -2.35. The Hall–Kier alpha value is -4.48. The number of Topliss-reactive ketones (excluding diaryl/α,β-unsaturated/α-hetero) is 1. The number of aliphatic carboxylic acids is 1. The molecular weight excluding hydrogens is 652 g/mol. The number of benzene rings is 1. The van der Waals surface area contributed by atoms with Crippen LogP contribution in [0, 0.1) is 34.5 Å². The number of rotatable bonds is 13. The van der Waals surface area contributed by atoms with E-state index >= 15 is 0 Å². The van der Waals surface area contributed by atoms with Gasteiger partial charge in [0, 0.05) is 42.8 Å². The molecule has 1 aromatic carbocycles. The Bertz CT molecular complexity index is 1830. The number of carboxylic acid groups (broad SMARTS) is 1. The lowest BCUT2D eigenvalue weighted by atomic mass is 9.77. The van der Waals surface area contributed by atoms with E-state index < -0.39 is 40.8 Å². The maximum Gasteiger partial charge on any atom is 0.310 e. The highest BCUT2D eigenvalue weighted by Crippen LogP contribution is 2.58. The summed E-state index contributed by atoms with van der Waals surface area (Å²) in [5.74, 6) is 0.0992. The molecule has 3 aromatic rings. The van der Waals surface area contributed by atoms with Crippen molar-refractivity contribution in [1.82, 2.24) is 19.7 Å². The first-order valence-corrected chi connectivity index (χ1v) is 18.2. The Morgan fingerprint density at radius 1 is 1.06 bits per heavy atom. The zero-order chi connectivity index (χ0) is 36.2. The molecule has 0 spiro atoms. The number of hydrogen-bond donors (Lipinski definition) is 1. The van der Waals surface area contributed by atoms with Crippen LogP contribution >= 0.6 is 0 Å². The number of carboxylic acids is 1. The second-order valence-electron chi connectivity index (χ2n) is 16.2. The van der Waals surface area contributed by atoms with Crippen molar-refractivity contribution in [3.8, 4) is 17.3 Å². The second-order valence-corrected chi connectivity index (χ2v) is 16.2. The molecule has 1 aliphatic heterocycles. The van der Waals surface area contributed by atoms with Crippen molar-refractivity contribution < 1.29 is 38.5 Å². The SMILES string of the molecule is CCC1C[C@]1(CC(=O)[C@@H]1C[C@@H](Oc2cc(-n3cccn3)nc3cc(OC)ccc23)CN1C(=O)[C@@H](CC(=O)OC1C[C@@H]2C[C@@H]2C1)C(C)(C)C)C(=O)O. The minimum absolute atomic E-state index is 0.0869. The molecule has 272 valence electrons. The quantitative estimate of drug-likeness (QED) is 0.222. The summed E-state index contributed by atoms with van der Waals surface area (Å²) < 4.78 is 19.6. The molecule has 1 saturated heterocycles. The van der Waals surface area contributed by atoms with Crippen LogP contribution in [0.5, 0.6) is 11.5 Å². The number of carbonyl (C=O) groups excluding carboxylic acids is 3. The number of pyridine rings is 1. The molecule has 1 N–H and O–H groups in total. The van der Waals surface area contributed by atoms with Gasteiger partial charge in [-0.25, -0.2) is 9.67 Å². The van der Waals surface area contributed by atoms with E-state index in [2.05, 4.69) is 5.10 Å². The molecule has 8 atom stereocenters. The average Bonchev–Trinajstić information content (AvgIpc) is 3.70. The van der Waals surface area contributed by atoms with E-state index in [0.717, 1.165) is 12.8 Å². The minimum atomic E-state index is -1.12. The molecule has 12 heteroatoms. The number of carbonyl (C=O) groups is 4. The van der Waals surface area contributed by atoms with E-state index in [1.807, 2.05) is 39.8 Å². The number of nitrogens with zero attached hydrogens (tertiary/aromatic N) is 4. The van der Waals surface area contributed by atoms with Crippen molar-refractivity contribution in [2.45, 2.75) is 97.3 Å². The highest BCUT2D eigenvalue weighted by atomic mass is 16.5. The van der Waals surface area contributed by atoms with Crippen LogP contribution in [0.3, 0.4) is 0 Å². The molecule has 3 heterocycles. The molecule has 3 aliphatic carbocycles. The summed E-state index contributed by atoms with van der Waals surface area (Å²) >= 11 is 0. The largest absolute Gasteiger partial charge is 0.497 e. The van der Waals surface area contributed by atoms with Crippen molar-refractivity contribution in [2.75, 3.05) is 13.7 Å². The fraction of sp³-hybridized carbons (Fsp3) is 0.590. The van der Waals surface area contributed by atoms with Crippen LogP contribution in [-0.2, 0) is 23.9 Å². The maximum absolute atomic E-state index is 14.6. The summed E-state index contributed by atoms with van der Waals surface area (Å²) in [5.41, 5.74) is -1.12. The Morgan fingerprint density at radius 2 is 1.82 bits per heavy atom. The first-order valence-electron chi connectivity index (χ1n) is 18.2. The molecule has 4 fully saturated rings. The molecule has 1 amide bonds. The monoisotopic (exact) mass is 700 g/mol. The molecular formula is C39H48N4O8. The van der Waals surface area contributed by atoms with E-state index in [4.69, 9.17) is 19.2 Å². The van der Waals surface area contributed by atoms with E-state index in [1.54, 1.807) is 47.3 Å². The Kier molecular flexibility index (Phi) is 9.08. The third kappa shape index (κ3) is 6.93. The highest BCUT2D eigenvalue weighted by molar-refractivity contribution is 5.95. The molecule has 3 saturated carbocycles. The molecule has 0 bridgehead atoms. The van der Waals surface area contributed by atoms with Gasteiger partial charge in [0.1, 0.15) is 23.7 Å². The van der Waals surface area contributed by atoms with Gasteiger partial charge in [0.15, 0.2) is 11.6 Å². The third-order valence-corrected chi connectivity index (χ3v) is 11.8. The molecule has 0 radical (unpaired) electrons. The number of likely N-dealkylation sites (tertiary alicyclic amines) is 1. The van der Waals surface area contributed by atoms with Crippen LogP contribution < -0.4 is 9.47 Å². The first kappa shape index (κ1) is 34.9. The topological polar surface area (TPSA) is 150 Å². The summed E-state index contributed by atoms with van der Waals surface area (Å²) in [6.07, 6.45) is 6.73. The number of ether oxygens (including phenoxy) is 3. The van der Waals surface area contributed by atoms with Crippen molar-refractivity contribution >= 4 is 34.5 Å². The standard InChI is InChI=1S/C39H48N4O8/c1-6-24-19-39(24,37(47)48)20-32(44)31-16-27(50-33-18-34(43-11-7-10-40-43)41-30-15-25(49-5)8-9-28(30)33)21-42(31)36(46)29(38(2,3)4)17-35(45)51-26-13-22-12-23(22)14-26/h7-11,15,18,22-24,26-27,29,31H,6,12-14,16-17,19-21H2,1-5H3,(H,47,48)/t22-,23+,24?,26?,27-,29-,31+,39-/m1/s1. The lowest BCUT2D eigenvalue weighted by Crippen LogP contribution is -2.48. The normalized spacial score (nSPS) is 28.6. The third-order valence-electron chi connectivity index (χ3n) is 11.8. The maximum atomic E-state index is 14.6. The van der Waals surface area contributed by atoms with Gasteiger partial charge in [0.05, 0.1) is 43.0 Å². The predicted octanol–water partition coefficient (Wildman–Crippen LogP) is 5.63. The van der Waals surface area contributed by atoms with Crippen LogP contribution in [0.25, 0.3) is 16.7 Å². The van der Waals surface area contributed by atoms with Crippen LogP contribution in [-0.4, -0.2) is 80.3 Å². The summed E-state index contributed by atoms with van der Waals surface area (Å²) in [5, 5.41) is 15.2. The van der Waals surface area contributed by atoms with E-state index in [0.29, 0.717) is 52.9 Å². The number of methoxy groups -OCH3 is 1. The smallest absolute Gasteiger partial charge is 0.310 e. The van der Waals surface area contributed by atoms with Gasteiger partial charge >= 0.3 is 11.9 Å². The number of amides is 1. The van der Waals surface area contributed by atoms with Gasteiger partial charge in [-0.15, -0.1) is 0 Å². The molecule has 7 rings (SSSR count). The number of hydrogen-bond acceptors (Lipinski definition) is 9. The van der Waals surface area contributed by atoms with E-state index in [-0.39, 0.29) is 49.5 Å². The number of aromatic nitrogens is 3. The van der Waals surface area contributed by atoms with Gasteiger partial charge in [-0.2, -0.15) is 5.10 Å². The van der Waals surface area contributed by atoms with Gasteiger partial charge < -0.3 is 24.2 Å². The number of fused-ring (bicyclic) bond motifs is 2. The van der Waals surface area contributed by atoms with Crippen molar-refractivity contribution in [3.63, 3.8) is 0 Å². The van der Waals surface area contributed by atoms with Gasteiger partial charge in [-0.05, 0) is 67.1 Å². The Labute approximate surface area is 297 Å². The van der Waals surface area contributed by atoms with Gasteiger partial charge in [-0.3, -0.25) is 19.2 Å². The van der Waals surface area contributed by atoms with Crippen molar-refractivity contribution in [2.24, 2.45) is 34.5 Å². The molecule has 2 aromatic heterocycles. The van der Waals surface area contributed by atoms with Crippen LogP contribution in [0.4, 0.5) is 0 Å². The zero-order valence-corrected chi connectivity index (χ0v) is 30.0. The minimum Gasteiger partial charge on any atom is -0.497 e. The fourth-order valence-corrected chi connectivity index (χ4v) is 8.54. The van der Waals surface area contributed by atoms with Crippen LogP contribution in [0.15, 0.2) is 42.7 Å².